The maximum atomic E-state index is 11.4. The molecule has 2 saturated heterocycles. The standard InChI is InChI=1S/C22H23N5O2.2C2H6/c1-3-8-15(4-2)20(16-9-6-5-7-10-16)26-13-19-18(26)14-27(19)22-23-11-17(12-24-22)21(28)25-29;2*1-2/h3-12,18-20,29H,1-2,13-14H2,(H,25,28);2*1-2H3/b15-8+;;. The molecule has 2 aliphatic heterocycles. The molecule has 2 fully saturated rings. The Labute approximate surface area is 197 Å². The number of carbonyl (C=O) groups is 1. The van der Waals surface area contributed by atoms with E-state index < -0.39 is 5.91 Å². The zero-order valence-electron chi connectivity index (χ0n) is 20.0. The first-order valence-electron chi connectivity index (χ1n) is 11.5. The van der Waals surface area contributed by atoms with Crippen LogP contribution in [0.15, 0.2) is 79.7 Å². The Bertz CT molecular complexity index is 943. The van der Waals surface area contributed by atoms with Crippen LogP contribution < -0.4 is 10.4 Å². The van der Waals surface area contributed by atoms with Gasteiger partial charge in [0.25, 0.3) is 5.91 Å². The number of nitrogens with one attached hydrogen (secondary N) is 1. The fourth-order valence-electron chi connectivity index (χ4n) is 4.08. The largest absolute Gasteiger partial charge is 0.333 e. The second-order valence-corrected chi connectivity index (χ2v) is 7.12. The van der Waals surface area contributed by atoms with E-state index in [9.17, 15) is 4.79 Å². The monoisotopic (exact) mass is 449 g/mol. The third-order valence-corrected chi connectivity index (χ3v) is 5.62. The highest BCUT2D eigenvalue weighted by atomic mass is 16.5. The van der Waals surface area contributed by atoms with Crippen LogP contribution in [-0.4, -0.2) is 51.2 Å². The summed E-state index contributed by atoms with van der Waals surface area (Å²) in [6.07, 6.45) is 8.56. The summed E-state index contributed by atoms with van der Waals surface area (Å²) in [5.74, 6) is -0.0215. The summed E-state index contributed by atoms with van der Waals surface area (Å²) in [5.41, 5.74) is 4.16. The maximum absolute atomic E-state index is 11.4. The van der Waals surface area contributed by atoms with E-state index >= 15 is 0 Å². The van der Waals surface area contributed by atoms with Gasteiger partial charge in [-0.2, -0.15) is 0 Å². The number of allylic oxidation sites excluding steroid dienone is 2. The van der Waals surface area contributed by atoms with E-state index in [1.54, 1.807) is 11.6 Å². The topological polar surface area (TPSA) is 81.6 Å². The van der Waals surface area contributed by atoms with Crippen LogP contribution in [0.5, 0.6) is 0 Å². The minimum Gasteiger partial charge on any atom is -0.333 e. The lowest BCUT2D eigenvalue weighted by Gasteiger charge is -2.64. The molecule has 2 aromatic rings. The van der Waals surface area contributed by atoms with Gasteiger partial charge in [-0.15, -0.1) is 0 Å². The normalized spacial score (nSPS) is 19.7. The minimum absolute atomic E-state index is 0.131. The van der Waals surface area contributed by atoms with Crippen LogP contribution in [0.25, 0.3) is 0 Å². The van der Waals surface area contributed by atoms with Crippen LogP contribution in [-0.2, 0) is 0 Å². The molecule has 2 N–H and O–H groups in total. The third-order valence-electron chi connectivity index (χ3n) is 5.62. The van der Waals surface area contributed by atoms with Gasteiger partial charge in [-0.3, -0.25) is 14.9 Å². The second-order valence-electron chi connectivity index (χ2n) is 7.12. The first-order chi connectivity index (χ1) is 16.2. The van der Waals surface area contributed by atoms with E-state index in [1.807, 2.05) is 45.9 Å². The van der Waals surface area contributed by atoms with Gasteiger partial charge < -0.3 is 4.90 Å². The van der Waals surface area contributed by atoms with Gasteiger partial charge in [-0.05, 0) is 11.1 Å². The van der Waals surface area contributed by atoms with E-state index in [4.69, 9.17) is 5.21 Å². The molecule has 1 aromatic heterocycles. The first kappa shape index (κ1) is 26.0. The second kappa shape index (κ2) is 12.7. The number of piperazine rings is 1. The van der Waals surface area contributed by atoms with Crippen LogP contribution in [0.2, 0.25) is 0 Å². The highest BCUT2D eigenvalue weighted by Crippen LogP contribution is 2.43. The molecule has 0 aliphatic carbocycles. The molecule has 1 amide bonds. The van der Waals surface area contributed by atoms with Gasteiger partial charge in [0.1, 0.15) is 0 Å². The van der Waals surface area contributed by atoms with Crippen molar-refractivity contribution >= 4 is 11.9 Å². The van der Waals surface area contributed by atoms with Gasteiger partial charge in [-0.25, -0.2) is 15.4 Å². The Morgan fingerprint density at radius 1 is 1.09 bits per heavy atom. The summed E-state index contributed by atoms with van der Waals surface area (Å²) >= 11 is 0. The number of aromatic nitrogens is 2. The quantitative estimate of drug-likeness (QED) is 0.366. The predicted molar refractivity (Wildman–Crippen MR) is 133 cm³/mol. The Morgan fingerprint density at radius 3 is 2.21 bits per heavy atom. The van der Waals surface area contributed by atoms with Crippen LogP contribution in [0.4, 0.5) is 5.95 Å². The summed E-state index contributed by atoms with van der Waals surface area (Å²) < 4.78 is 0. The number of hydrogen-bond donors (Lipinski definition) is 2. The van der Waals surface area contributed by atoms with Crippen LogP contribution in [0.3, 0.4) is 0 Å². The van der Waals surface area contributed by atoms with Crippen molar-refractivity contribution in [3.63, 3.8) is 0 Å². The minimum atomic E-state index is -0.621. The van der Waals surface area contributed by atoms with Crippen molar-refractivity contribution in [2.45, 2.75) is 45.8 Å². The molecule has 1 aromatic carbocycles. The molecular weight excluding hydrogens is 414 g/mol. The third kappa shape index (κ3) is 5.38. The maximum Gasteiger partial charge on any atom is 0.277 e. The van der Waals surface area contributed by atoms with Crippen molar-refractivity contribution in [1.82, 2.24) is 20.3 Å². The fraction of sp³-hybridized carbons (Fsp3) is 0.346. The number of nitrogens with zero attached hydrogens (tertiary/aromatic N) is 4. The summed E-state index contributed by atoms with van der Waals surface area (Å²) in [6, 6.07) is 11.3. The van der Waals surface area contributed by atoms with Gasteiger partial charge in [-0.1, -0.05) is 89.4 Å². The lowest BCUT2D eigenvalue weighted by atomic mass is 9.81. The molecule has 0 saturated carbocycles. The molecule has 3 atom stereocenters. The number of benzene rings is 1. The molecular formula is C26H35N5O2. The molecule has 2 aliphatic rings. The SMILES string of the molecule is C=C/C=C(\C=C)C(c1ccccc1)N1CC2C1CN2c1ncc(C(=O)NO)cn1.CC.CC. The summed E-state index contributed by atoms with van der Waals surface area (Å²) in [5, 5.41) is 8.70. The Kier molecular flexibility index (Phi) is 9.97. The van der Waals surface area contributed by atoms with E-state index in [0.717, 1.165) is 18.7 Å². The number of likely N-dealkylation sites (tertiary alicyclic amines) is 1. The Hall–Kier alpha value is -3.29. The molecule has 0 radical (unpaired) electrons. The fourth-order valence-corrected chi connectivity index (χ4v) is 4.08. The van der Waals surface area contributed by atoms with Crippen LogP contribution in [0.1, 0.15) is 49.7 Å². The van der Waals surface area contributed by atoms with E-state index in [-0.39, 0.29) is 11.6 Å². The van der Waals surface area contributed by atoms with Crippen molar-refractivity contribution in [3.8, 4) is 0 Å². The van der Waals surface area contributed by atoms with Gasteiger partial charge in [0, 0.05) is 31.5 Å². The molecule has 0 spiro atoms. The number of hydroxylamine groups is 1. The van der Waals surface area contributed by atoms with Gasteiger partial charge in [0.15, 0.2) is 0 Å². The molecule has 7 nitrogen and oxygen atoms in total. The van der Waals surface area contributed by atoms with E-state index in [1.165, 1.54) is 18.0 Å². The van der Waals surface area contributed by atoms with Crippen LogP contribution in [0, 0.1) is 0 Å². The molecule has 7 heteroatoms. The van der Waals surface area contributed by atoms with Crippen molar-refractivity contribution in [2.75, 3.05) is 18.0 Å². The zero-order chi connectivity index (χ0) is 24.4. The van der Waals surface area contributed by atoms with Crippen molar-refractivity contribution < 1.29 is 10.0 Å². The van der Waals surface area contributed by atoms with Gasteiger partial charge in [0.05, 0.1) is 17.6 Å². The molecule has 3 unspecified atom stereocenters. The Morgan fingerprint density at radius 2 is 1.73 bits per heavy atom. The first-order valence-corrected chi connectivity index (χ1v) is 11.5. The Balaban J connectivity index is 0.000000914. The highest BCUT2D eigenvalue weighted by Gasteiger charge is 2.54. The van der Waals surface area contributed by atoms with Crippen molar-refractivity contribution in [1.29, 1.82) is 0 Å². The molecule has 3 heterocycles. The summed E-state index contributed by atoms with van der Waals surface area (Å²) in [7, 11) is 0. The number of fused-ring (bicyclic) bond motifs is 1. The number of carbonyl (C=O) groups excluding carboxylic acids is 1. The highest BCUT2D eigenvalue weighted by molar-refractivity contribution is 5.92. The van der Waals surface area contributed by atoms with E-state index in [0.29, 0.717) is 18.0 Å². The number of amides is 1. The molecule has 176 valence electrons. The average Bonchev–Trinajstić information content (AvgIpc) is 2.88. The van der Waals surface area contributed by atoms with E-state index in [2.05, 4.69) is 57.2 Å². The molecule has 33 heavy (non-hydrogen) atoms. The molecule has 4 rings (SSSR count). The van der Waals surface area contributed by atoms with Crippen molar-refractivity contribution in [2.24, 2.45) is 0 Å². The summed E-state index contributed by atoms with van der Waals surface area (Å²) in [4.78, 5) is 24.6. The summed E-state index contributed by atoms with van der Waals surface area (Å²) in [6.45, 7) is 17.5. The number of anilines is 1. The predicted octanol–water partition coefficient (Wildman–Crippen LogP) is 4.56. The lowest BCUT2D eigenvalue weighted by molar-refractivity contribution is -0.0152. The number of rotatable bonds is 7. The lowest BCUT2D eigenvalue weighted by Crippen LogP contribution is -2.79. The smallest absolute Gasteiger partial charge is 0.277 e. The number of hydrogen-bond acceptors (Lipinski definition) is 6. The van der Waals surface area contributed by atoms with Crippen molar-refractivity contribution in [3.05, 3.63) is 90.8 Å². The molecule has 0 bridgehead atoms. The zero-order valence-corrected chi connectivity index (χ0v) is 20.0. The van der Waals surface area contributed by atoms with Crippen LogP contribution >= 0.6 is 0 Å². The average molecular weight is 450 g/mol. The van der Waals surface area contributed by atoms with Gasteiger partial charge >= 0.3 is 0 Å². The van der Waals surface area contributed by atoms with Gasteiger partial charge in [0.2, 0.25) is 5.95 Å².